The fraction of sp³-hybridized carbons (Fsp3) is 0.688. The Bertz CT molecular complexity index is 406. The summed E-state index contributed by atoms with van der Waals surface area (Å²) in [6, 6.07) is 4.75. The van der Waals surface area contributed by atoms with Crippen molar-refractivity contribution in [3.63, 3.8) is 0 Å². The van der Waals surface area contributed by atoms with Crippen LogP contribution in [0.3, 0.4) is 0 Å². The zero-order chi connectivity index (χ0) is 13.7. The molecular formula is C16H26N2O. The summed E-state index contributed by atoms with van der Waals surface area (Å²) >= 11 is 0. The number of likely N-dealkylation sites (tertiary alicyclic amines) is 1. The molecule has 0 bridgehead atoms. The Kier molecular flexibility index (Phi) is 5.20. The molecule has 1 aliphatic heterocycles. The van der Waals surface area contributed by atoms with Crippen LogP contribution in [0.5, 0.6) is 5.88 Å². The third-order valence-corrected chi connectivity index (χ3v) is 4.08. The average molecular weight is 262 g/mol. The zero-order valence-electron chi connectivity index (χ0n) is 12.5. The van der Waals surface area contributed by atoms with Gasteiger partial charge in [-0.1, -0.05) is 25.8 Å². The average Bonchev–Trinajstić information content (AvgIpc) is 2.45. The Morgan fingerprint density at radius 3 is 2.89 bits per heavy atom. The highest BCUT2D eigenvalue weighted by Crippen LogP contribution is 2.33. The lowest BCUT2D eigenvalue weighted by Crippen LogP contribution is -2.34. The maximum Gasteiger partial charge on any atom is 0.213 e. The van der Waals surface area contributed by atoms with Gasteiger partial charge >= 0.3 is 0 Å². The lowest BCUT2D eigenvalue weighted by Gasteiger charge is -2.36. The first-order valence-electron chi connectivity index (χ1n) is 7.51. The highest BCUT2D eigenvalue weighted by Gasteiger charge is 2.25. The Balaban J connectivity index is 2.17. The molecule has 0 aromatic carbocycles. The van der Waals surface area contributed by atoms with Crippen LogP contribution < -0.4 is 4.74 Å². The van der Waals surface area contributed by atoms with Gasteiger partial charge in [0.2, 0.25) is 5.88 Å². The van der Waals surface area contributed by atoms with Gasteiger partial charge < -0.3 is 4.74 Å². The van der Waals surface area contributed by atoms with Crippen molar-refractivity contribution >= 4 is 0 Å². The maximum absolute atomic E-state index is 5.20. The van der Waals surface area contributed by atoms with Crippen molar-refractivity contribution in [1.82, 2.24) is 9.88 Å². The first-order chi connectivity index (χ1) is 9.26. The normalized spacial score (nSPS) is 20.5. The fourth-order valence-electron chi connectivity index (χ4n) is 2.99. The molecule has 1 fully saturated rings. The SMILES string of the molecule is CCCCN1CCCC[C@@H]1c1ccc(OC)nc1C. The van der Waals surface area contributed by atoms with Gasteiger partial charge in [0, 0.05) is 17.8 Å². The van der Waals surface area contributed by atoms with Gasteiger partial charge in [-0.15, -0.1) is 0 Å². The number of nitrogens with zero attached hydrogens (tertiary/aromatic N) is 2. The van der Waals surface area contributed by atoms with Crippen molar-refractivity contribution in [2.75, 3.05) is 20.2 Å². The quantitative estimate of drug-likeness (QED) is 0.808. The van der Waals surface area contributed by atoms with Crippen molar-refractivity contribution in [3.8, 4) is 5.88 Å². The van der Waals surface area contributed by atoms with E-state index in [2.05, 4.69) is 29.8 Å². The molecule has 1 aromatic heterocycles. The molecule has 1 atom stereocenters. The van der Waals surface area contributed by atoms with Crippen LogP contribution >= 0.6 is 0 Å². The molecule has 0 saturated carbocycles. The first-order valence-corrected chi connectivity index (χ1v) is 7.51. The summed E-state index contributed by atoms with van der Waals surface area (Å²) in [6.45, 7) is 6.81. The molecule has 0 unspecified atom stereocenters. The van der Waals surface area contributed by atoms with E-state index in [1.54, 1.807) is 7.11 Å². The van der Waals surface area contributed by atoms with E-state index in [1.165, 1.54) is 50.8 Å². The van der Waals surface area contributed by atoms with E-state index in [9.17, 15) is 0 Å². The van der Waals surface area contributed by atoms with Crippen molar-refractivity contribution in [3.05, 3.63) is 23.4 Å². The molecule has 1 saturated heterocycles. The minimum Gasteiger partial charge on any atom is -0.481 e. The van der Waals surface area contributed by atoms with E-state index in [0.29, 0.717) is 6.04 Å². The number of unbranched alkanes of at least 4 members (excludes halogenated alkanes) is 1. The predicted molar refractivity (Wildman–Crippen MR) is 78.6 cm³/mol. The van der Waals surface area contributed by atoms with Crippen LogP contribution in [-0.2, 0) is 0 Å². The topological polar surface area (TPSA) is 25.4 Å². The minimum absolute atomic E-state index is 0.554. The molecule has 0 aliphatic carbocycles. The molecule has 2 heterocycles. The van der Waals surface area contributed by atoms with Gasteiger partial charge in [0.15, 0.2) is 0 Å². The number of hydrogen-bond donors (Lipinski definition) is 0. The Labute approximate surface area is 117 Å². The van der Waals surface area contributed by atoms with E-state index < -0.39 is 0 Å². The molecule has 1 aromatic rings. The van der Waals surface area contributed by atoms with Crippen LogP contribution in [0.15, 0.2) is 12.1 Å². The molecule has 3 heteroatoms. The summed E-state index contributed by atoms with van der Waals surface area (Å²) in [4.78, 5) is 7.18. The number of piperidine rings is 1. The van der Waals surface area contributed by atoms with E-state index in [0.717, 1.165) is 11.6 Å². The third kappa shape index (κ3) is 3.47. The molecule has 0 spiro atoms. The van der Waals surface area contributed by atoms with E-state index >= 15 is 0 Å². The minimum atomic E-state index is 0.554. The van der Waals surface area contributed by atoms with Crippen LogP contribution in [-0.4, -0.2) is 30.1 Å². The number of hydrogen-bond acceptors (Lipinski definition) is 3. The standard InChI is InChI=1S/C16H26N2O/c1-4-5-11-18-12-7-6-8-15(18)14-9-10-16(19-3)17-13(14)2/h9-10,15H,4-8,11-12H2,1-3H3/t15-/m1/s1. The monoisotopic (exact) mass is 262 g/mol. The molecule has 2 rings (SSSR count). The van der Waals surface area contributed by atoms with Crippen molar-refractivity contribution in [2.45, 2.75) is 52.0 Å². The predicted octanol–water partition coefficient (Wildman–Crippen LogP) is 3.73. The fourth-order valence-corrected chi connectivity index (χ4v) is 2.99. The number of methoxy groups -OCH3 is 1. The summed E-state index contributed by atoms with van der Waals surface area (Å²) in [5.41, 5.74) is 2.50. The smallest absolute Gasteiger partial charge is 0.213 e. The summed E-state index contributed by atoms with van der Waals surface area (Å²) in [5, 5.41) is 0. The molecular weight excluding hydrogens is 236 g/mol. The van der Waals surface area contributed by atoms with Crippen LogP contribution in [0.2, 0.25) is 0 Å². The van der Waals surface area contributed by atoms with Crippen LogP contribution in [0.1, 0.15) is 56.3 Å². The van der Waals surface area contributed by atoms with Gasteiger partial charge in [0.25, 0.3) is 0 Å². The first kappa shape index (κ1) is 14.3. The number of pyridine rings is 1. The maximum atomic E-state index is 5.20. The highest BCUT2D eigenvalue weighted by molar-refractivity contribution is 5.28. The second kappa shape index (κ2) is 6.90. The van der Waals surface area contributed by atoms with Gasteiger partial charge in [-0.3, -0.25) is 4.90 Å². The zero-order valence-corrected chi connectivity index (χ0v) is 12.5. The van der Waals surface area contributed by atoms with Gasteiger partial charge in [-0.2, -0.15) is 0 Å². The lowest BCUT2D eigenvalue weighted by molar-refractivity contribution is 0.146. The molecule has 0 N–H and O–H groups in total. The summed E-state index contributed by atoms with van der Waals surface area (Å²) in [7, 11) is 1.68. The number of aryl methyl sites for hydroxylation is 1. The van der Waals surface area contributed by atoms with Crippen LogP contribution in [0.25, 0.3) is 0 Å². The van der Waals surface area contributed by atoms with Crippen molar-refractivity contribution in [2.24, 2.45) is 0 Å². The molecule has 3 nitrogen and oxygen atoms in total. The molecule has 0 radical (unpaired) electrons. The van der Waals surface area contributed by atoms with E-state index in [1.807, 2.05) is 6.07 Å². The van der Waals surface area contributed by atoms with Crippen molar-refractivity contribution < 1.29 is 4.74 Å². The van der Waals surface area contributed by atoms with E-state index in [-0.39, 0.29) is 0 Å². The Morgan fingerprint density at radius 1 is 1.37 bits per heavy atom. The Morgan fingerprint density at radius 2 is 2.21 bits per heavy atom. The molecule has 19 heavy (non-hydrogen) atoms. The second-order valence-electron chi connectivity index (χ2n) is 5.43. The molecule has 1 aliphatic rings. The number of ether oxygens (including phenoxy) is 1. The summed E-state index contributed by atoms with van der Waals surface area (Å²) in [5.74, 6) is 0.720. The number of rotatable bonds is 5. The summed E-state index contributed by atoms with van der Waals surface area (Å²) in [6.07, 6.45) is 6.49. The highest BCUT2D eigenvalue weighted by atomic mass is 16.5. The van der Waals surface area contributed by atoms with Crippen molar-refractivity contribution in [1.29, 1.82) is 0 Å². The van der Waals surface area contributed by atoms with Gasteiger partial charge in [0.1, 0.15) is 0 Å². The van der Waals surface area contributed by atoms with Crippen LogP contribution in [0.4, 0.5) is 0 Å². The van der Waals surface area contributed by atoms with Gasteiger partial charge in [-0.25, -0.2) is 4.98 Å². The largest absolute Gasteiger partial charge is 0.481 e. The van der Waals surface area contributed by atoms with Crippen LogP contribution in [0, 0.1) is 6.92 Å². The van der Waals surface area contributed by atoms with Gasteiger partial charge in [0.05, 0.1) is 7.11 Å². The lowest BCUT2D eigenvalue weighted by atomic mass is 9.94. The molecule has 106 valence electrons. The molecule has 0 amide bonds. The third-order valence-electron chi connectivity index (χ3n) is 4.08. The second-order valence-corrected chi connectivity index (χ2v) is 5.43. The van der Waals surface area contributed by atoms with Gasteiger partial charge in [-0.05, 0) is 44.8 Å². The summed E-state index contributed by atoms with van der Waals surface area (Å²) < 4.78 is 5.20. The van der Waals surface area contributed by atoms with E-state index in [4.69, 9.17) is 4.74 Å². The Hall–Kier alpha value is -1.09. The number of aromatic nitrogens is 1.